The van der Waals surface area contributed by atoms with Crippen molar-refractivity contribution in [2.45, 2.75) is 125 Å². The van der Waals surface area contributed by atoms with Crippen molar-refractivity contribution in [3.63, 3.8) is 0 Å². The molecule has 0 radical (unpaired) electrons. The minimum absolute atomic E-state index is 0.00217. The van der Waals surface area contributed by atoms with Crippen molar-refractivity contribution in [2.75, 3.05) is 19.6 Å². The molecule has 1 aliphatic carbocycles. The molecule has 2 aliphatic heterocycles. The van der Waals surface area contributed by atoms with Crippen LogP contribution >= 0.6 is 0 Å². The van der Waals surface area contributed by atoms with E-state index >= 15 is 0 Å². The zero-order valence-electron chi connectivity index (χ0n) is 50.4. The molecule has 0 saturated heterocycles. The summed E-state index contributed by atoms with van der Waals surface area (Å²) in [6, 6.07) is 64.2. The highest BCUT2D eigenvalue weighted by atomic mass is 16.3. The summed E-state index contributed by atoms with van der Waals surface area (Å²) >= 11 is 0. The number of allylic oxidation sites excluding steroid dienone is 5. The van der Waals surface area contributed by atoms with Crippen LogP contribution in [0.15, 0.2) is 211 Å². The predicted molar refractivity (Wildman–Crippen MR) is 352 cm³/mol. The van der Waals surface area contributed by atoms with Crippen molar-refractivity contribution in [1.82, 2.24) is 0 Å². The first-order valence-corrected chi connectivity index (χ1v) is 29.4. The van der Waals surface area contributed by atoms with Gasteiger partial charge < -0.3 is 24.0 Å². The van der Waals surface area contributed by atoms with Crippen LogP contribution in [-0.2, 0) is 28.1 Å². The molecule has 0 saturated carbocycles. The maximum absolute atomic E-state index is 6.80. The number of hydrogen-bond acceptors (Lipinski definition) is 5. The van der Waals surface area contributed by atoms with Crippen LogP contribution in [0.25, 0.3) is 33.7 Å². The monoisotopic (exact) mass is 1070 g/mol. The van der Waals surface area contributed by atoms with Gasteiger partial charge in [0.1, 0.15) is 11.3 Å². The van der Waals surface area contributed by atoms with Gasteiger partial charge in [0, 0.05) is 44.8 Å². The summed E-state index contributed by atoms with van der Waals surface area (Å²) in [7, 11) is 0. The third kappa shape index (κ3) is 9.48. The highest BCUT2D eigenvalue weighted by Crippen LogP contribution is 2.65. The second kappa shape index (κ2) is 20.2. The molecule has 0 unspecified atom stereocenters. The molecule has 0 amide bonds. The topological polar surface area (TPSA) is 26.1 Å². The number of furan rings is 1. The van der Waals surface area contributed by atoms with Crippen LogP contribution in [0.4, 0.5) is 62.6 Å². The van der Waals surface area contributed by atoms with Gasteiger partial charge in [-0.2, -0.15) is 0 Å². The van der Waals surface area contributed by atoms with Gasteiger partial charge in [-0.1, -0.05) is 199 Å². The largest absolute Gasteiger partial charge is 0.456 e. The minimum atomic E-state index is -0.215. The first-order valence-electron chi connectivity index (χ1n) is 29.4. The van der Waals surface area contributed by atoms with Gasteiger partial charge in [0.2, 0.25) is 0 Å². The molecule has 412 valence electrons. The van der Waals surface area contributed by atoms with Gasteiger partial charge in [-0.15, -0.1) is 0 Å². The standard InChI is InChI=1S/C77H78N4O/c1-15-24-64(60(16-2)50-25-18-17-19-26-50)78(56-38-33-52(34-39-56)74(3,4)5)59-42-44-66-68(49-59)80(58-28-22-27-51(45-58)61-30-23-31-63-62-29-20-21-32-71(62)82-73(61)63)70-48-55(77(12,13)14)47-69-72(70)81(66)67-46-54(76(9,10)11)37-43-65(67)79(69)57-40-35-53(36-41-57)75(6,7)8/h15-19,21-28,30-49H,1,20,29H2,2-14H3/b60-16-,64-24+. The van der Waals surface area contributed by atoms with Gasteiger partial charge in [-0.3, -0.25) is 0 Å². The van der Waals surface area contributed by atoms with Crippen LogP contribution < -0.4 is 19.6 Å². The minimum Gasteiger partial charge on any atom is -0.456 e. The number of anilines is 11. The molecule has 1 aromatic heterocycles. The summed E-state index contributed by atoms with van der Waals surface area (Å²) in [6.45, 7) is 34.2. The van der Waals surface area contributed by atoms with Crippen molar-refractivity contribution in [3.8, 4) is 11.1 Å². The van der Waals surface area contributed by atoms with E-state index in [4.69, 9.17) is 4.42 Å². The lowest BCUT2D eigenvalue weighted by Crippen LogP contribution is -2.32. The van der Waals surface area contributed by atoms with E-state index in [2.05, 4.69) is 310 Å². The summed E-state index contributed by atoms with van der Waals surface area (Å²) in [4.78, 5) is 10.1. The Morgan fingerprint density at radius 2 is 1.09 bits per heavy atom. The molecule has 12 rings (SSSR count). The van der Waals surface area contributed by atoms with Crippen molar-refractivity contribution < 1.29 is 4.42 Å². The molecule has 0 fully saturated rings. The van der Waals surface area contributed by atoms with E-state index in [-0.39, 0.29) is 21.7 Å². The van der Waals surface area contributed by atoms with Crippen LogP contribution in [0, 0.1) is 0 Å². The lowest BCUT2D eigenvalue weighted by Gasteiger charge is -2.48. The number of aryl methyl sites for hydroxylation is 1. The van der Waals surface area contributed by atoms with Crippen molar-refractivity contribution >= 4 is 85.2 Å². The molecular weight excluding hydrogens is 997 g/mol. The summed E-state index contributed by atoms with van der Waals surface area (Å²) in [5.74, 6) is 0.969. The molecule has 8 aromatic carbocycles. The Morgan fingerprint density at radius 3 is 1.73 bits per heavy atom. The number of fused-ring (bicyclic) bond motifs is 7. The van der Waals surface area contributed by atoms with Gasteiger partial charge in [-0.05, 0) is 166 Å². The Kier molecular flexibility index (Phi) is 13.3. The predicted octanol–water partition coefficient (Wildman–Crippen LogP) is 22.6. The first kappa shape index (κ1) is 54.1. The zero-order chi connectivity index (χ0) is 57.6. The van der Waals surface area contributed by atoms with E-state index in [1.165, 1.54) is 33.2 Å². The van der Waals surface area contributed by atoms with Crippen molar-refractivity contribution in [1.29, 1.82) is 0 Å². The lowest BCUT2D eigenvalue weighted by atomic mass is 9.83. The number of rotatable bonds is 9. The summed E-state index contributed by atoms with van der Waals surface area (Å²) in [5, 5.41) is 1.19. The second-order valence-corrected chi connectivity index (χ2v) is 26.6. The molecule has 0 bridgehead atoms. The smallest absolute Gasteiger partial charge is 0.142 e. The van der Waals surface area contributed by atoms with Crippen LogP contribution in [-0.4, -0.2) is 0 Å². The molecule has 0 atom stereocenters. The Morgan fingerprint density at radius 1 is 0.512 bits per heavy atom. The number of benzene rings is 8. The molecule has 3 aliphatic rings. The highest BCUT2D eigenvalue weighted by Gasteiger charge is 2.42. The molecule has 5 nitrogen and oxygen atoms in total. The number of para-hydroxylation sites is 1. The van der Waals surface area contributed by atoms with Gasteiger partial charge >= 0.3 is 0 Å². The maximum Gasteiger partial charge on any atom is 0.142 e. The quantitative estimate of drug-likeness (QED) is 0.134. The van der Waals surface area contributed by atoms with Crippen LogP contribution in [0.1, 0.15) is 136 Å². The van der Waals surface area contributed by atoms with Gasteiger partial charge in [0.05, 0.1) is 45.5 Å². The maximum atomic E-state index is 6.80. The Labute approximate surface area is 487 Å². The highest BCUT2D eigenvalue weighted by molar-refractivity contribution is 6.13. The molecule has 82 heavy (non-hydrogen) atoms. The third-order valence-corrected chi connectivity index (χ3v) is 16.9. The van der Waals surface area contributed by atoms with Gasteiger partial charge in [0.15, 0.2) is 0 Å². The van der Waals surface area contributed by atoms with E-state index in [9.17, 15) is 0 Å². The Bertz CT molecular complexity index is 4040. The zero-order valence-corrected chi connectivity index (χ0v) is 50.4. The molecular formula is C77H78N4O. The average Bonchev–Trinajstić information content (AvgIpc) is 3.92. The van der Waals surface area contributed by atoms with Crippen LogP contribution in [0.3, 0.4) is 0 Å². The number of hydrogen-bond donors (Lipinski definition) is 0. The molecule has 9 aromatic rings. The first-order chi connectivity index (χ1) is 39.1. The fourth-order valence-corrected chi connectivity index (χ4v) is 12.3. The van der Waals surface area contributed by atoms with Crippen LogP contribution in [0.2, 0.25) is 0 Å². The molecule has 5 heteroatoms. The van der Waals surface area contributed by atoms with Gasteiger partial charge in [0.25, 0.3) is 0 Å². The Hall–Kier alpha value is -8.54. The van der Waals surface area contributed by atoms with Gasteiger partial charge in [-0.25, -0.2) is 0 Å². The van der Waals surface area contributed by atoms with E-state index in [0.717, 1.165) is 115 Å². The second-order valence-electron chi connectivity index (χ2n) is 26.6. The molecule has 0 N–H and O–H groups in total. The fraction of sp³-hybridized carbons (Fsp3) is 0.247. The summed E-state index contributed by atoms with van der Waals surface area (Å²) in [6.07, 6.45) is 12.7. The Balaban J connectivity index is 1.17. The van der Waals surface area contributed by atoms with Crippen molar-refractivity contribution in [3.05, 3.63) is 246 Å². The third-order valence-electron chi connectivity index (χ3n) is 16.9. The SMILES string of the molecule is C=C/C=C(\C(=C/C)c1ccccc1)N(c1ccc(C(C)(C)C)cc1)c1ccc2c(c1)N(c1cccc(-c3cccc4c5c(oc34)C=CCC5)c1)c1cc(C(C)(C)C)cc3c1N2c1cc(C(C)(C)C)ccc1N3c1ccc(C(C)(C)C)cc1. The normalized spacial score (nSPS) is 14.4. The molecule has 3 heterocycles. The van der Waals surface area contributed by atoms with E-state index in [0.29, 0.717) is 0 Å². The van der Waals surface area contributed by atoms with Crippen LogP contribution in [0.5, 0.6) is 0 Å². The lowest BCUT2D eigenvalue weighted by molar-refractivity contribution is 0.589. The fourth-order valence-electron chi connectivity index (χ4n) is 12.3. The summed E-state index contributed by atoms with van der Waals surface area (Å²) in [5.41, 5.74) is 24.4. The number of nitrogens with zero attached hydrogens (tertiary/aromatic N) is 4. The van der Waals surface area contributed by atoms with E-state index < -0.39 is 0 Å². The molecule has 0 spiro atoms. The van der Waals surface area contributed by atoms with Crippen molar-refractivity contribution in [2.24, 2.45) is 0 Å². The van der Waals surface area contributed by atoms with E-state index in [1.54, 1.807) is 0 Å². The summed E-state index contributed by atoms with van der Waals surface area (Å²) < 4.78 is 6.80. The van der Waals surface area contributed by atoms with E-state index in [1.807, 2.05) is 6.08 Å². The average molecular weight is 1080 g/mol.